The number of benzene rings is 2. The van der Waals surface area contributed by atoms with Crippen LogP contribution < -0.4 is 4.74 Å². The highest BCUT2D eigenvalue weighted by atomic mass is 127. The highest BCUT2D eigenvalue weighted by Gasteiger charge is 2.14. The van der Waals surface area contributed by atoms with Gasteiger partial charge in [0.2, 0.25) is 0 Å². The van der Waals surface area contributed by atoms with Crippen LogP contribution in [0.2, 0.25) is 0 Å². The maximum Gasteiger partial charge on any atom is 0.118 e. The molecule has 0 bridgehead atoms. The van der Waals surface area contributed by atoms with Crippen molar-refractivity contribution in [1.29, 1.82) is 0 Å². The molecule has 0 amide bonds. The summed E-state index contributed by atoms with van der Waals surface area (Å²) in [4.78, 5) is 0. The smallest absolute Gasteiger partial charge is 0.118 e. The minimum Gasteiger partial charge on any atom is -0.497 e. The van der Waals surface area contributed by atoms with E-state index < -0.39 is 6.10 Å². The summed E-state index contributed by atoms with van der Waals surface area (Å²) in [5.74, 6) is 0.796. The van der Waals surface area contributed by atoms with E-state index in [1.807, 2.05) is 49.4 Å². The Bertz CT molecular complexity index is 535. The van der Waals surface area contributed by atoms with Crippen LogP contribution in [0.25, 0.3) is 0 Å². The number of halogens is 1. The summed E-state index contributed by atoms with van der Waals surface area (Å²) in [7, 11) is 1.63. The molecule has 2 aromatic rings. The molecular formula is C15H15IO2. The molecule has 0 fully saturated rings. The molecule has 0 radical (unpaired) electrons. The lowest BCUT2D eigenvalue weighted by Crippen LogP contribution is -2.03. The zero-order valence-corrected chi connectivity index (χ0v) is 12.5. The SMILES string of the molecule is COc1ccc(C(O)c2cccc(C)c2I)cc1. The Morgan fingerprint density at radius 1 is 1.11 bits per heavy atom. The molecule has 0 aliphatic carbocycles. The average Bonchev–Trinajstić information content (AvgIpc) is 2.41. The maximum atomic E-state index is 10.4. The second kappa shape index (κ2) is 5.71. The molecule has 0 aliphatic rings. The molecule has 0 saturated heterocycles. The van der Waals surface area contributed by atoms with Crippen molar-refractivity contribution in [3.8, 4) is 5.75 Å². The number of hydrogen-bond acceptors (Lipinski definition) is 2. The zero-order valence-electron chi connectivity index (χ0n) is 10.4. The van der Waals surface area contributed by atoms with E-state index in [2.05, 4.69) is 22.6 Å². The Hall–Kier alpha value is -1.07. The van der Waals surface area contributed by atoms with Crippen molar-refractivity contribution in [2.75, 3.05) is 7.11 Å². The van der Waals surface area contributed by atoms with Gasteiger partial charge in [0.05, 0.1) is 7.11 Å². The fourth-order valence-electron chi connectivity index (χ4n) is 1.85. The Morgan fingerprint density at radius 2 is 1.78 bits per heavy atom. The van der Waals surface area contributed by atoms with Gasteiger partial charge >= 0.3 is 0 Å². The lowest BCUT2D eigenvalue weighted by atomic mass is 10.00. The van der Waals surface area contributed by atoms with E-state index in [0.29, 0.717) is 0 Å². The van der Waals surface area contributed by atoms with Crippen LogP contribution in [-0.4, -0.2) is 12.2 Å². The van der Waals surface area contributed by atoms with E-state index in [9.17, 15) is 5.11 Å². The fourth-order valence-corrected chi connectivity index (χ4v) is 2.50. The molecule has 3 heteroatoms. The van der Waals surface area contributed by atoms with Crippen molar-refractivity contribution >= 4 is 22.6 Å². The Balaban J connectivity index is 2.35. The monoisotopic (exact) mass is 354 g/mol. The first-order chi connectivity index (χ1) is 8.63. The summed E-state index contributed by atoms with van der Waals surface area (Å²) < 4.78 is 6.22. The molecule has 94 valence electrons. The first-order valence-electron chi connectivity index (χ1n) is 5.70. The molecule has 0 spiro atoms. The minimum atomic E-state index is -0.595. The van der Waals surface area contributed by atoms with Crippen molar-refractivity contribution in [1.82, 2.24) is 0 Å². The van der Waals surface area contributed by atoms with Gasteiger partial charge in [0.25, 0.3) is 0 Å². The van der Waals surface area contributed by atoms with E-state index in [4.69, 9.17) is 4.74 Å². The van der Waals surface area contributed by atoms with Crippen LogP contribution in [-0.2, 0) is 0 Å². The molecular weight excluding hydrogens is 339 g/mol. The molecule has 0 saturated carbocycles. The summed E-state index contributed by atoms with van der Waals surface area (Å²) in [5.41, 5.74) is 3.00. The van der Waals surface area contributed by atoms with Crippen molar-refractivity contribution in [2.45, 2.75) is 13.0 Å². The van der Waals surface area contributed by atoms with Crippen molar-refractivity contribution < 1.29 is 9.84 Å². The van der Waals surface area contributed by atoms with Crippen LogP contribution in [0.1, 0.15) is 22.8 Å². The van der Waals surface area contributed by atoms with Crippen LogP contribution in [0.4, 0.5) is 0 Å². The first kappa shape index (κ1) is 13.4. The average molecular weight is 354 g/mol. The predicted octanol–water partition coefficient (Wildman–Crippen LogP) is 3.69. The van der Waals surface area contributed by atoms with Gasteiger partial charge in [-0.3, -0.25) is 0 Å². The van der Waals surface area contributed by atoms with E-state index in [1.54, 1.807) is 7.11 Å². The standard InChI is InChI=1S/C15H15IO2/c1-10-4-3-5-13(14(10)16)15(17)11-6-8-12(18-2)9-7-11/h3-9,15,17H,1-2H3. The fraction of sp³-hybridized carbons (Fsp3) is 0.200. The normalized spacial score (nSPS) is 12.2. The number of methoxy groups -OCH3 is 1. The number of ether oxygens (including phenoxy) is 1. The molecule has 2 aromatic carbocycles. The van der Waals surface area contributed by atoms with E-state index >= 15 is 0 Å². The van der Waals surface area contributed by atoms with Gasteiger partial charge in [-0.15, -0.1) is 0 Å². The van der Waals surface area contributed by atoms with Gasteiger partial charge in [-0.2, -0.15) is 0 Å². The molecule has 0 heterocycles. The number of aliphatic hydroxyl groups is 1. The number of aryl methyl sites for hydroxylation is 1. The first-order valence-corrected chi connectivity index (χ1v) is 6.78. The van der Waals surface area contributed by atoms with Gasteiger partial charge in [-0.25, -0.2) is 0 Å². The summed E-state index contributed by atoms with van der Waals surface area (Å²) in [6.45, 7) is 2.05. The van der Waals surface area contributed by atoms with Gasteiger partial charge in [0.15, 0.2) is 0 Å². The minimum absolute atomic E-state index is 0.595. The second-order valence-electron chi connectivity index (χ2n) is 4.15. The second-order valence-corrected chi connectivity index (χ2v) is 5.23. The van der Waals surface area contributed by atoms with Gasteiger partial charge in [0, 0.05) is 3.57 Å². The van der Waals surface area contributed by atoms with Gasteiger partial charge in [0.1, 0.15) is 11.9 Å². The molecule has 1 unspecified atom stereocenters. The number of rotatable bonds is 3. The van der Waals surface area contributed by atoms with Gasteiger partial charge < -0.3 is 9.84 Å². The Kier molecular flexibility index (Phi) is 4.24. The quantitative estimate of drug-likeness (QED) is 0.852. The summed E-state index contributed by atoms with van der Waals surface area (Å²) >= 11 is 2.28. The molecule has 18 heavy (non-hydrogen) atoms. The van der Waals surface area contributed by atoms with Crippen LogP contribution in [0.5, 0.6) is 5.75 Å². The maximum absolute atomic E-state index is 10.4. The van der Waals surface area contributed by atoms with Crippen LogP contribution in [0.3, 0.4) is 0 Å². The molecule has 2 rings (SSSR count). The highest BCUT2D eigenvalue weighted by molar-refractivity contribution is 14.1. The number of hydrogen-bond donors (Lipinski definition) is 1. The van der Waals surface area contributed by atoms with E-state index in [1.165, 1.54) is 5.56 Å². The topological polar surface area (TPSA) is 29.5 Å². The van der Waals surface area contributed by atoms with Crippen LogP contribution in [0.15, 0.2) is 42.5 Å². The highest BCUT2D eigenvalue weighted by Crippen LogP contribution is 2.28. The molecule has 2 nitrogen and oxygen atoms in total. The third kappa shape index (κ3) is 2.67. The summed E-state index contributed by atoms with van der Waals surface area (Å²) in [5, 5.41) is 10.4. The predicted molar refractivity (Wildman–Crippen MR) is 81.0 cm³/mol. The van der Waals surface area contributed by atoms with Crippen molar-refractivity contribution in [2.24, 2.45) is 0 Å². The lowest BCUT2D eigenvalue weighted by molar-refractivity contribution is 0.219. The number of aliphatic hydroxyl groups excluding tert-OH is 1. The molecule has 0 aliphatic heterocycles. The van der Waals surface area contributed by atoms with Gasteiger partial charge in [-0.1, -0.05) is 30.3 Å². The molecule has 1 atom stereocenters. The summed E-state index contributed by atoms with van der Waals surface area (Å²) in [6.07, 6.45) is -0.595. The summed E-state index contributed by atoms with van der Waals surface area (Å²) in [6, 6.07) is 13.5. The molecule has 0 aromatic heterocycles. The Labute approximate surface area is 121 Å². The van der Waals surface area contributed by atoms with Crippen LogP contribution in [0, 0.1) is 10.5 Å². The Morgan fingerprint density at radius 3 is 2.39 bits per heavy atom. The lowest BCUT2D eigenvalue weighted by Gasteiger charge is -2.15. The molecule has 1 N–H and O–H groups in total. The van der Waals surface area contributed by atoms with E-state index in [-0.39, 0.29) is 0 Å². The zero-order chi connectivity index (χ0) is 13.1. The third-order valence-corrected chi connectivity index (χ3v) is 4.42. The third-order valence-electron chi connectivity index (χ3n) is 2.95. The van der Waals surface area contributed by atoms with Gasteiger partial charge in [-0.05, 0) is 58.3 Å². The van der Waals surface area contributed by atoms with Crippen molar-refractivity contribution in [3.05, 3.63) is 62.7 Å². The van der Waals surface area contributed by atoms with E-state index in [0.717, 1.165) is 20.4 Å². The van der Waals surface area contributed by atoms with Crippen molar-refractivity contribution in [3.63, 3.8) is 0 Å². The van der Waals surface area contributed by atoms with Crippen LogP contribution >= 0.6 is 22.6 Å². The largest absolute Gasteiger partial charge is 0.497 e.